The van der Waals surface area contributed by atoms with Crippen LogP contribution in [-0.4, -0.2) is 32.3 Å². The van der Waals surface area contributed by atoms with E-state index in [0.717, 1.165) is 22.2 Å². The first kappa shape index (κ1) is 18.6. The number of carbonyl (C=O) groups excluding carboxylic acids is 1. The Hall–Kier alpha value is -3.74. The van der Waals surface area contributed by atoms with Crippen LogP contribution in [-0.2, 0) is 0 Å². The third kappa shape index (κ3) is 3.67. The second-order valence-corrected chi connectivity index (χ2v) is 6.66. The van der Waals surface area contributed by atoms with Crippen molar-refractivity contribution in [3.63, 3.8) is 0 Å². The summed E-state index contributed by atoms with van der Waals surface area (Å²) in [4.78, 5) is 21.7. The molecule has 0 spiro atoms. The Bertz CT molecular complexity index is 1180. The van der Waals surface area contributed by atoms with Gasteiger partial charge in [-0.2, -0.15) is 5.10 Å². The third-order valence-electron chi connectivity index (χ3n) is 4.51. The van der Waals surface area contributed by atoms with E-state index < -0.39 is 0 Å². The quantitative estimate of drug-likeness (QED) is 0.558. The number of anilines is 1. The van der Waals surface area contributed by atoms with Crippen molar-refractivity contribution >= 4 is 22.4 Å². The summed E-state index contributed by atoms with van der Waals surface area (Å²) < 4.78 is 7.36. The minimum absolute atomic E-state index is 0.271. The maximum absolute atomic E-state index is 13.1. The van der Waals surface area contributed by atoms with Crippen LogP contribution < -0.4 is 10.1 Å². The molecule has 2 aromatic carbocycles. The van der Waals surface area contributed by atoms with Gasteiger partial charge < -0.3 is 10.1 Å². The lowest BCUT2D eigenvalue weighted by Crippen LogP contribution is -2.15. The van der Waals surface area contributed by atoms with Crippen molar-refractivity contribution in [2.24, 2.45) is 0 Å². The lowest BCUT2D eigenvalue weighted by atomic mass is 10.0. The molecule has 0 radical (unpaired) electrons. The minimum Gasteiger partial charge on any atom is -0.493 e. The van der Waals surface area contributed by atoms with Crippen molar-refractivity contribution in [3.8, 4) is 11.7 Å². The van der Waals surface area contributed by atoms with Gasteiger partial charge in [0.15, 0.2) is 0 Å². The SMILES string of the molecule is CCOc1ccc2ccccc2c1C(=O)Nc1cnc(-n2nc(C)cc2C)nc1. The molecule has 4 rings (SSSR count). The molecule has 0 saturated heterocycles. The van der Waals surface area contributed by atoms with Crippen molar-refractivity contribution in [1.29, 1.82) is 0 Å². The number of hydrogen-bond donors (Lipinski definition) is 1. The summed E-state index contributed by atoms with van der Waals surface area (Å²) in [6.45, 7) is 6.22. The Morgan fingerprint density at radius 2 is 1.86 bits per heavy atom. The van der Waals surface area contributed by atoms with Crippen molar-refractivity contribution in [1.82, 2.24) is 19.7 Å². The maximum atomic E-state index is 13.1. The lowest BCUT2D eigenvalue weighted by molar-refractivity contribution is 0.102. The summed E-state index contributed by atoms with van der Waals surface area (Å²) in [5, 5.41) is 9.05. The minimum atomic E-state index is -0.271. The summed E-state index contributed by atoms with van der Waals surface area (Å²) in [6.07, 6.45) is 3.14. The van der Waals surface area contributed by atoms with Crippen molar-refractivity contribution in [2.45, 2.75) is 20.8 Å². The molecule has 0 saturated carbocycles. The number of nitrogens with zero attached hydrogens (tertiary/aromatic N) is 4. The molecule has 0 bridgehead atoms. The number of aromatic nitrogens is 4. The van der Waals surface area contributed by atoms with E-state index in [1.807, 2.05) is 63.2 Å². The van der Waals surface area contributed by atoms with E-state index in [1.54, 1.807) is 17.1 Å². The number of hydrogen-bond acceptors (Lipinski definition) is 5. The average Bonchev–Trinajstić information content (AvgIpc) is 3.06. The van der Waals surface area contributed by atoms with E-state index in [9.17, 15) is 4.79 Å². The molecule has 0 atom stereocenters. The maximum Gasteiger partial charge on any atom is 0.260 e. The number of carbonyl (C=O) groups is 1. The number of rotatable bonds is 5. The molecule has 4 aromatic rings. The molecule has 0 unspecified atom stereocenters. The Balaban J connectivity index is 1.64. The fourth-order valence-electron chi connectivity index (χ4n) is 3.28. The number of benzene rings is 2. The highest BCUT2D eigenvalue weighted by Gasteiger charge is 2.17. The molecular weight excluding hydrogens is 366 g/mol. The molecule has 1 amide bonds. The van der Waals surface area contributed by atoms with Gasteiger partial charge in [0.1, 0.15) is 5.75 Å². The molecule has 0 aliphatic rings. The highest BCUT2D eigenvalue weighted by molar-refractivity contribution is 6.14. The van der Waals surface area contributed by atoms with Crippen LogP contribution in [0.1, 0.15) is 28.7 Å². The zero-order chi connectivity index (χ0) is 20.4. The van der Waals surface area contributed by atoms with Gasteiger partial charge in [0.25, 0.3) is 11.9 Å². The summed E-state index contributed by atoms with van der Waals surface area (Å²) >= 11 is 0. The van der Waals surface area contributed by atoms with Gasteiger partial charge in [-0.1, -0.05) is 30.3 Å². The fraction of sp³-hybridized carbons (Fsp3) is 0.182. The molecular formula is C22H21N5O2. The Labute approximate surface area is 168 Å². The van der Waals surface area contributed by atoms with E-state index in [1.165, 1.54) is 0 Å². The third-order valence-corrected chi connectivity index (χ3v) is 4.51. The lowest BCUT2D eigenvalue weighted by Gasteiger charge is -2.13. The molecule has 1 N–H and O–H groups in total. The molecule has 2 heterocycles. The number of fused-ring (bicyclic) bond motifs is 1. The van der Waals surface area contributed by atoms with Gasteiger partial charge in [-0.3, -0.25) is 4.79 Å². The van der Waals surface area contributed by atoms with Crippen molar-refractivity contribution in [2.75, 3.05) is 11.9 Å². The first-order valence-electron chi connectivity index (χ1n) is 9.38. The van der Waals surface area contributed by atoms with Crippen LogP contribution in [0.25, 0.3) is 16.7 Å². The Morgan fingerprint density at radius 3 is 2.55 bits per heavy atom. The molecule has 146 valence electrons. The summed E-state index contributed by atoms with van der Waals surface area (Å²) in [5.74, 6) is 0.727. The van der Waals surface area contributed by atoms with E-state index in [2.05, 4.69) is 20.4 Å². The van der Waals surface area contributed by atoms with Gasteiger partial charge in [0.05, 0.1) is 35.9 Å². The van der Waals surface area contributed by atoms with Crippen LogP contribution in [0.5, 0.6) is 5.75 Å². The monoisotopic (exact) mass is 387 g/mol. The van der Waals surface area contributed by atoms with Gasteiger partial charge in [-0.05, 0) is 43.7 Å². The van der Waals surface area contributed by atoms with Crippen LogP contribution >= 0.6 is 0 Å². The number of nitrogens with one attached hydrogen (secondary N) is 1. The Morgan fingerprint density at radius 1 is 1.10 bits per heavy atom. The topological polar surface area (TPSA) is 81.9 Å². The number of ether oxygens (including phenoxy) is 1. The molecule has 2 aromatic heterocycles. The second kappa shape index (κ2) is 7.71. The largest absolute Gasteiger partial charge is 0.493 e. The first-order valence-corrected chi connectivity index (χ1v) is 9.38. The number of amides is 1. The zero-order valence-electron chi connectivity index (χ0n) is 16.5. The van der Waals surface area contributed by atoms with Crippen molar-refractivity contribution < 1.29 is 9.53 Å². The van der Waals surface area contributed by atoms with Crippen LogP contribution in [0.2, 0.25) is 0 Å². The van der Waals surface area contributed by atoms with Gasteiger partial charge in [-0.25, -0.2) is 14.6 Å². The molecule has 0 fully saturated rings. The van der Waals surface area contributed by atoms with Crippen LogP contribution in [0, 0.1) is 13.8 Å². The molecule has 29 heavy (non-hydrogen) atoms. The predicted octanol–water partition coefficient (Wildman–Crippen LogP) is 4.08. The summed E-state index contributed by atoms with van der Waals surface area (Å²) in [5.41, 5.74) is 2.82. The van der Waals surface area contributed by atoms with E-state index >= 15 is 0 Å². The fourth-order valence-corrected chi connectivity index (χ4v) is 3.28. The van der Waals surface area contributed by atoms with Gasteiger partial charge >= 0.3 is 0 Å². The van der Waals surface area contributed by atoms with E-state index in [0.29, 0.717) is 29.6 Å². The highest BCUT2D eigenvalue weighted by Crippen LogP contribution is 2.29. The van der Waals surface area contributed by atoms with Gasteiger partial charge in [0, 0.05) is 5.69 Å². The van der Waals surface area contributed by atoms with Gasteiger partial charge in [-0.15, -0.1) is 0 Å². The average molecular weight is 387 g/mol. The van der Waals surface area contributed by atoms with Crippen LogP contribution in [0.4, 0.5) is 5.69 Å². The standard InChI is InChI=1S/C22H21N5O2/c1-4-29-19-10-9-16-7-5-6-8-18(16)20(19)21(28)25-17-12-23-22(24-13-17)27-15(3)11-14(2)26-27/h5-13H,4H2,1-3H3,(H,25,28). The first-order chi connectivity index (χ1) is 14.1. The Kier molecular flexibility index (Phi) is 4.95. The summed E-state index contributed by atoms with van der Waals surface area (Å²) in [6, 6.07) is 13.4. The van der Waals surface area contributed by atoms with E-state index in [-0.39, 0.29) is 5.91 Å². The van der Waals surface area contributed by atoms with E-state index in [4.69, 9.17) is 4.74 Å². The van der Waals surface area contributed by atoms with Crippen LogP contribution in [0.3, 0.4) is 0 Å². The molecule has 7 nitrogen and oxygen atoms in total. The molecule has 0 aliphatic carbocycles. The molecule has 0 aliphatic heterocycles. The van der Waals surface area contributed by atoms with Crippen molar-refractivity contribution in [3.05, 3.63) is 71.8 Å². The normalized spacial score (nSPS) is 10.9. The second-order valence-electron chi connectivity index (χ2n) is 6.66. The smallest absolute Gasteiger partial charge is 0.260 e. The highest BCUT2D eigenvalue weighted by atomic mass is 16.5. The number of aryl methyl sites for hydroxylation is 2. The van der Waals surface area contributed by atoms with Gasteiger partial charge in [0.2, 0.25) is 0 Å². The molecule has 7 heteroatoms. The zero-order valence-corrected chi connectivity index (χ0v) is 16.5. The predicted molar refractivity (Wildman–Crippen MR) is 112 cm³/mol. The summed E-state index contributed by atoms with van der Waals surface area (Å²) in [7, 11) is 0. The van der Waals surface area contributed by atoms with Crippen LogP contribution in [0.15, 0.2) is 54.9 Å².